The van der Waals surface area contributed by atoms with Gasteiger partial charge in [0.25, 0.3) is 5.91 Å². The van der Waals surface area contributed by atoms with Gasteiger partial charge in [-0.05, 0) is 30.2 Å². The number of halogens is 4. The molecule has 10 nitrogen and oxygen atoms in total. The number of hydrogen-bond donors (Lipinski definition) is 1. The van der Waals surface area contributed by atoms with Crippen LogP contribution in [0.5, 0.6) is 5.75 Å². The lowest BCUT2D eigenvalue weighted by atomic mass is 9.97. The molecule has 3 aromatic rings. The first-order chi connectivity index (χ1) is 18.5. The average molecular weight is 571 g/mol. The van der Waals surface area contributed by atoms with Crippen LogP contribution in [0.25, 0.3) is 11.1 Å². The van der Waals surface area contributed by atoms with Crippen LogP contribution >= 0.6 is 0 Å². The lowest BCUT2D eigenvalue weighted by molar-refractivity contribution is -0.137. The van der Waals surface area contributed by atoms with E-state index in [4.69, 9.17) is 9.47 Å². The van der Waals surface area contributed by atoms with Gasteiger partial charge in [0.2, 0.25) is 0 Å². The van der Waals surface area contributed by atoms with Crippen LogP contribution in [-0.2, 0) is 25.9 Å². The second-order valence-corrected chi connectivity index (χ2v) is 10.6. The van der Waals surface area contributed by atoms with Gasteiger partial charge in [0, 0.05) is 30.8 Å². The zero-order valence-corrected chi connectivity index (χ0v) is 21.1. The molecule has 2 aliphatic heterocycles. The summed E-state index contributed by atoms with van der Waals surface area (Å²) < 4.78 is 99.7. The van der Waals surface area contributed by atoms with Gasteiger partial charge in [-0.3, -0.25) is 9.52 Å². The number of alkyl halides is 3. The number of aromatic nitrogens is 1. The van der Waals surface area contributed by atoms with Gasteiger partial charge >= 0.3 is 16.4 Å². The number of nitrogens with one attached hydrogen (secondary N) is 1. The number of benzene rings is 2. The minimum Gasteiger partial charge on any atom is -0.495 e. The van der Waals surface area contributed by atoms with E-state index < -0.39 is 52.4 Å². The minimum atomic E-state index is -4.61. The van der Waals surface area contributed by atoms with E-state index in [0.717, 1.165) is 22.5 Å². The Morgan fingerprint density at radius 1 is 1.18 bits per heavy atom. The molecule has 0 saturated carbocycles. The van der Waals surface area contributed by atoms with Crippen LogP contribution in [0.2, 0.25) is 0 Å². The molecule has 0 radical (unpaired) electrons. The summed E-state index contributed by atoms with van der Waals surface area (Å²) >= 11 is 0. The van der Waals surface area contributed by atoms with Gasteiger partial charge in [-0.1, -0.05) is 17.3 Å². The molecule has 2 saturated heterocycles. The van der Waals surface area contributed by atoms with Gasteiger partial charge in [-0.2, -0.15) is 25.9 Å². The van der Waals surface area contributed by atoms with Crippen LogP contribution in [0, 0.1) is 5.82 Å². The zero-order valence-electron chi connectivity index (χ0n) is 20.3. The Bertz CT molecular complexity index is 1480. The highest BCUT2D eigenvalue weighted by Gasteiger charge is 2.45. The third kappa shape index (κ3) is 5.29. The summed E-state index contributed by atoms with van der Waals surface area (Å²) in [6, 6.07) is 7.18. The highest BCUT2D eigenvalue weighted by molar-refractivity contribution is 7.90. The minimum absolute atomic E-state index is 0.000405. The highest BCUT2D eigenvalue weighted by Crippen LogP contribution is 2.41. The van der Waals surface area contributed by atoms with E-state index in [-0.39, 0.29) is 47.9 Å². The number of hydrogen-bond acceptors (Lipinski definition) is 7. The quantitative estimate of drug-likeness (QED) is 0.450. The van der Waals surface area contributed by atoms with E-state index in [1.165, 1.54) is 42.5 Å². The summed E-state index contributed by atoms with van der Waals surface area (Å²) in [6.07, 6.45) is -4.00. The maximum atomic E-state index is 15.4. The third-order valence-corrected chi connectivity index (χ3v) is 8.03. The number of carbonyl (C=O) groups is 1. The largest absolute Gasteiger partial charge is 0.495 e. The first-order valence-corrected chi connectivity index (χ1v) is 13.1. The molecule has 208 valence electrons. The molecule has 2 unspecified atom stereocenters. The summed E-state index contributed by atoms with van der Waals surface area (Å²) in [5.74, 6) is -1.31. The van der Waals surface area contributed by atoms with Crippen molar-refractivity contribution in [3.63, 3.8) is 0 Å². The molecule has 0 bridgehead atoms. The Hall–Kier alpha value is -3.69. The summed E-state index contributed by atoms with van der Waals surface area (Å²) in [7, 11) is -2.72. The molecular weight excluding hydrogens is 548 g/mol. The summed E-state index contributed by atoms with van der Waals surface area (Å²) in [4.78, 5) is 14.3. The van der Waals surface area contributed by atoms with Gasteiger partial charge < -0.3 is 18.9 Å². The molecule has 39 heavy (non-hydrogen) atoms. The number of anilines is 2. The summed E-state index contributed by atoms with van der Waals surface area (Å²) in [5.41, 5.74) is -1.03. The number of rotatable bonds is 6. The molecule has 1 aromatic heterocycles. The Balaban J connectivity index is 1.44. The van der Waals surface area contributed by atoms with Crippen molar-refractivity contribution in [2.45, 2.75) is 24.7 Å². The van der Waals surface area contributed by atoms with Gasteiger partial charge in [0.15, 0.2) is 5.82 Å². The van der Waals surface area contributed by atoms with Crippen LogP contribution < -0.4 is 14.4 Å². The maximum Gasteiger partial charge on any atom is 0.416 e. The fourth-order valence-electron chi connectivity index (χ4n) is 4.74. The topological polar surface area (TPSA) is 114 Å². The van der Waals surface area contributed by atoms with Crippen molar-refractivity contribution in [3.8, 4) is 16.9 Å². The normalized spacial score (nSPS) is 20.5. The van der Waals surface area contributed by atoms with E-state index in [2.05, 4.69) is 14.4 Å². The predicted molar refractivity (Wildman–Crippen MR) is 130 cm³/mol. The molecule has 1 N–H and O–H groups in total. The van der Waals surface area contributed by atoms with Crippen molar-refractivity contribution in [1.82, 2.24) is 9.46 Å². The molecule has 0 spiro atoms. The number of piperidine rings is 1. The van der Waals surface area contributed by atoms with Crippen LogP contribution in [-0.4, -0.2) is 62.7 Å². The fourth-order valence-corrected chi connectivity index (χ4v) is 5.93. The zero-order chi connectivity index (χ0) is 27.9. The number of methoxy groups -OCH3 is 1. The Kier molecular flexibility index (Phi) is 6.99. The fraction of sp³-hybridized carbons (Fsp3) is 0.333. The average Bonchev–Trinajstić information content (AvgIpc) is 3.40. The molecule has 1 amide bonds. The van der Waals surface area contributed by atoms with Crippen molar-refractivity contribution in [2.24, 2.45) is 0 Å². The molecule has 0 aliphatic carbocycles. The number of amides is 1. The Morgan fingerprint density at radius 2 is 1.97 bits per heavy atom. The summed E-state index contributed by atoms with van der Waals surface area (Å²) in [6.45, 7) is -0.491. The molecule has 2 aromatic carbocycles. The monoisotopic (exact) mass is 570 g/mol. The SMILES string of the molecule is COc1cc(-c2cccc(C(F)(F)F)c2)c(F)cc1N1C(=O)COC2CN(S(=O)(=O)Nc3ccon3)CCC21. The van der Waals surface area contributed by atoms with Crippen LogP contribution in [0.15, 0.2) is 53.3 Å². The van der Waals surface area contributed by atoms with E-state index >= 15 is 4.39 Å². The first kappa shape index (κ1) is 26.9. The van der Waals surface area contributed by atoms with Crippen LogP contribution in [0.4, 0.5) is 29.1 Å². The number of nitrogens with zero attached hydrogens (tertiary/aromatic N) is 3. The molecule has 2 fully saturated rings. The first-order valence-electron chi connectivity index (χ1n) is 11.6. The molecule has 2 atom stereocenters. The van der Waals surface area contributed by atoms with Gasteiger partial charge in [0.1, 0.15) is 24.4 Å². The maximum absolute atomic E-state index is 15.4. The van der Waals surface area contributed by atoms with E-state index in [1.807, 2.05) is 0 Å². The van der Waals surface area contributed by atoms with Crippen LogP contribution in [0.3, 0.4) is 0 Å². The Morgan fingerprint density at radius 3 is 2.67 bits per heavy atom. The predicted octanol–water partition coefficient (Wildman–Crippen LogP) is 3.67. The molecule has 3 heterocycles. The molecule has 2 aliphatic rings. The van der Waals surface area contributed by atoms with Gasteiger partial charge in [-0.25, -0.2) is 4.39 Å². The lowest BCUT2D eigenvalue weighted by Gasteiger charge is -2.46. The highest BCUT2D eigenvalue weighted by atomic mass is 32.2. The van der Waals surface area contributed by atoms with Crippen LogP contribution in [0.1, 0.15) is 12.0 Å². The van der Waals surface area contributed by atoms with Gasteiger partial charge in [-0.15, -0.1) is 0 Å². The smallest absolute Gasteiger partial charge is 0.416 e. The molecule has 15 heteroatoms. The number of morpholine rings is 1. The van der Waals surface area contributed by atoms with E-state index in [9.17, 15) is 26.4 Å². The lowest BCUT2D eigenvalue weighted by Crippen LogP contribution is -2.62. The number of ether oxygens (including phenoxy) is 2. The molecule has 5 rings (SSSR count). The van der Waals surface area contributed by atoms with E-state index in [0.29, 0.717) is 0 Å². The van der Waals surface area contributed by atoms with Crippen molar-refractivity contribution >= 4 is 27.6 Å². The van der Waals surface area contributed by atoms with E-state index in [1.54, 1.807) is 0 Å². The van der Waals surface area contributed by atoms with Crippen molar-refractivity contribution < 1.29 is 44.8 Å². The Labute approximate surface area is 220 Å². The number of carbonyl (C=O) groups excluding carboxylic acids is 1. The van der Waals surface area contributed by atoms with Crippen molar-refractivity contribution in [1.29, 1.82) is 0 Å². The van der Waals surface area contributed by atoms with Crippen molar-refractivity contribution in [3.05, 3.63) is 60.1 Å². The second kappa shape index (κ2) is 10.1. The second-order valence-electron chi connectivity index (χ2n) is 8.90. The van der Waals surface area contributed by atoms with Crippen molar-refractivity contribution in [2.75, 3.05) is 36.4 Å². The molecular formula is C24H22F4N4O6S. The number of fused-ring (bicyclic) bond motifs is 1. The third-order valence-electron chi connectivity index (χ3n) is 6.55. The summed E-state index contributed by atoms with van der Waals surface area (Å²) in [5, 5.41) is 3.53. The van der Waals surface area contributed by atoms with Gasteiger partial charge in [0.05, 0.1) is 30.5 Å². The standard InChI is InChI=1S/C24H22F4N4O6S/c1-36-20-10-16(14-3-2-4-15(9-14)24(26,27)28)17(25)11-19(20)32-18-5-7-31(12-21(18)37-13-23(32)33)39(34,35)30-22-6-8-38-29-22/h2-4,6,8-11,18,21H,5,7,12-13H2,1H3,(H,29,30).